The molecule has 1 saturated heterocycles. The molecule has 16 heavy (non-hydrogen) atoms. The van der Waals surface area contributed by atoms with Gasteiger partial charge in [-0.3, -0.25) is 9.69 Å². The van der Waals surface area contributed by atoms with Crippen LogP contribution in [0.3, 0.4) is 0 Å². The fourth-order valence-corrected chi connectivity index (χ4v) is 2.39. The van der Waals surface area contributed by atoms with Crippen LogP contribution in [-0.2, 0) is 4.79 Å². The van der Waals surface area contributed by atoms with E-state index in [2.05, 4.69) is 25.9 Å². The predicted octanol–water partition coefficient (Wildman–Crippen LogP) is 1.85. The number of anilines is 1. The van der Waals surface area contributed by atoms with Crippen LogP contribution in [-0.4, -0.2) is 27.2 Å². The Morgan fingerprint density at radius 2 is 2.19 bits per heavy atom. The van der Waals surface area contributed by atoms with Crippen molar-refractivity contribution in [3.05, 3.63) is 18.0 Å². The Morgan fingerprint density at radius 1 is 1.38 bits per heavy atom. The van der Waals surface area contributed by atoms with E-state index in [1.54, 1.807) is 11.1 Å². The van der Waals surface area contributed by atoms with E-state index in [9.17, 15) is 4.79 Å². The molecule has 1 aliphatic heterocycles. The highest BCUT2D eigenvalue weighted by molar-refractivity contribution is 9.10. The van der Waals surface area contributed by atoms with Crippen LogP contribution >= 0.6 is 15.9 Å². The fraction of sp³-hybridized carbons (Fsp3) is 0.545. The van der Waals surface area contributed by atoms with Gasteiger partial charge >= 0.3 is 0 Å². The lowest BCUT2D eigenvalue weighted by molar-refractivity contribution is -0.116. The van der Waals surface area contributed by atoms with Gasteiger partial charge in [-0.1, -0.05) is 15.9 Å². The Balaban J connectivity index is 1.88. The third-order valence-corrected chi connectivity index (χ3v) is 3.89. The number of hydrogen-bond donors (Lipinski definition) is 0. The van der Waals surface area contributed by atoms with Crippen LogP contribution in [0.4, 0.5) is 5.95 Å². The number of hydrogen-bond acceptors (Lipinski definition) is 3. The summed E-state index contributed by atoms with van der Waals surface area (Å²) in [5, 5.41) is 0. The van der Waals surface area contributed by atoms with E-state index in [1.165, 1.54) is 12.8 Å². The zero-order valence-electron chi connectivity index (χ0n) is 8.77. The minimum Gasteiger partial charge on any atom is -0.280 e. The average Bonchev–Trinajstić information content (AvgIpc) is 3.08. The molecular formula is C11H12BrN3O. The van der Waals surface area contributed by atoms with Gasteiger partial charge in [0, 0.05) is 24.4 Å². The first-order valence-electron chi connectivity index (χ1n) is 5.54. The molecule has 0 aromatic carbocycles. The van der Waals surface area contributed by atoms with Gasteiger partial charge in [-0.2, -0.15) is 0 Å². The van der Waals surface area contributed by atoms with Gasteiger partial charge in [0.15, 0.2) is 0 Å². The summed E-state index contributed by atoms with van der Waals surface area (Å²) >= 11 is 3.35. The molecule has 2 fully saturated rings. The second-order valence-electron chi connectivity index (χ2n) is 4.30. The van der Waals surface area contributed by atoms with Crippen molar-refractivity contribution in [1.82, 2.24) is 9.97 Å². The number of carbonyl (C=O) groups is 1. The minimum atomic E-state index is -0.0688. The van der Waals surface area contributed by atoms with Crippen molar-refractivity contribution >= 4 is 27.8 Å². The number of nitrogens with zero attached hydrogens (tertiary/aromatic N) is 3. The molecule has 1 saturated carbocycles. The molecular weight excluding hydrogens is 270 g/mol. The molecule has 1 unspecified atom stereocenters. The van der Waals surface area contributed by atoms with Gasteiger partial charge in [-0.15, -0.1) is 0 Å². The largest absolute Gasteiger partial charge is 0.280 e. The Labute approximate surface area is 102 Å². The van der Waals surface area contributed by atoms with Gasteiger partial charge < -0.3 is 0 Å². The van der Waals surface area contributed by atoms with Gasteiger partial charge in [0.05, 0.1) is 4.83 Å². The molecule has 1 atom stereocenters. The highest BCUT2D eigenvalue weighted by atomic mass is 79.9. The summed E-state index contributed by atoms with van der Waals surface area (Å²) in [6, 6.07) is 1.95. The van der Waals surface area contributed by atoms with Crippen molar-refractivity contribution in [3.8, 4) is 0 Å². The lowest BCUT2D eigenvalue weighted by Gasteiger charge is -2.13. The van der Waals surface area contributed by atoms with Crippen molar-refractivity contribution in [2.45, 2.75) is 30.0 Å². The fourth-order valence-electron chi connectivity index (χ4n) is 1.94. The quantitative estimate of drug-likeness (QED) is 0.778. The van der Waals surface area contributed by atoms with E-state index in [0.29, 0.717) is 18.4 Å². The molecule has 84 valence electrons. The first-order valence-corrected chi connectivity index (χ1v) is 6.45. The van der Waals surface area contributed by atoms with E-state index >= 15 is 0 Å². The minimum absolute atomic E-state index is 0.0688. The topological polar surface area (TPSA) is 46.1 Å². The third kappa shape index (κ3) is 1.73. The van der Waals surface area contributed by atoms with E-state index in [-0.39, 0.29) is 10.7 Å². The van der Waals surface area contributed by atoms with Crippen molar-refractivity contribution in [3.63, 3.8) is 0 Å². The lowest BCUT2D eigenvalue weighted by atomic mass is 10.3. The van der Waals surface area contributed by atoms with Crippen LogP contribution in [0.15, 0.2) is 12.3 Å². The Hall–Kier alpha value is -0.970. The highest BCUT2D eigenvalue weighted by Crippen LogP contribution is 2.39. The molecule has 2 heterocycles. The van der Waals surface area contributed by atoms with E-state index < -0.39 is 0 Å². The summed E-state index contributed by atoms with van der Waals surface area (Å²) in [4.78, 5) is 22.1. The van der Waals surface area contributed by atoms with Gasteiger partial charge in [0.2, 0.25) is 11.9 Å². The monoisotopic (exact) mass is 281 g/mol. The molecule has 3 rings (SSSR count). The highest BCUT2D eigenvalue weighted by Gasteiger charge is 2.33. The average molecular weight is 282 g/mol. The van der Waals surface area contributed by atoms with Crippen LogP contribution in [0.5, 0.6) is 0 Å². The van der Waals surface area contributed by atoms with Crippen LogP contribution in [0, 0.1) is 0 Å². The standard InChI is InChI=1S/C11H12BrN3O/c12-8-4-6-15(10(8)16)11-13-5-3-9(14-11)7-1-2-7/h3,5,7-8H,1-2,4,6H2. The smallest absolute Gasteiger partial charge is 0.243 e. The van der Waals surface area contributed by atoms with Gasteiger partial charge in [0.1, 0.15) is 0 Å². The van der Waals surface area contributed by atoms with Crippen molar-refractivity contribution < 1.29 is 4.79 Å². The van der Waals surface area contributed by atoms with Crippen molar-refractivity contribution in [2.24, 2.45) is 0 Å². The maximum absolute atomic E-state index is 11.8. The molecule has 0 N–H and O–H groups in total. The summed E-state index contributed by atoms with van der Waals surface area (Å²) in [6.07, 6.45) is 5.01. The number of carbonyl (C=O) groups excluding carboxylic acids is 1. The molecule has 4 nitrogen and oxygen atoms in total. The number of alkyl halides is 1. The van der Waals surface area contributed by atoms with E-state index in [1.807, 2.05) is 6.07 Å². The first-order chi connectivity index (χ1) is 7.75. The SMILES string of the molecule is O=C1C(Br)CCN1c1nccc(C2CC2)n1. The molecule has 0 bridgehead atoms. The summed E-state index contributed by atoms with van der Waals surface area (Å²) in [5.41, 5.74) is 1.08. The van der Waals surface area contributed by atoms with Crippen LogP contribution in [0.25, 0.3) is 0 Å². The molecule has 1 aromatic heterocycles. The van der Waals surface area contributed by atoms with Crippen LogP contribution < -0.4 is 4.90 Å². The second-order valence-corrected chi connectivity index (χ2v) is 5.41. The van der Waals surface area contributed by atoms with Gasteiger partial charge in [0.25, 0.3) is 0 Å². The summed E-state index contributed by atoms with van der Waals surface area (Å²) < 4.78 is 0. The number of rotatable bonds is 2. The normalized spacial score (nSPS) is 25.2. The van der Waals surface area contributed by atoms with Gasteiger partial charge in [-0.25, -0.2) is 9.97 Å². The zero-order valence-corrected chi connectivity index (χ0v) is 10.4. The van der Waals surface area contributed by atoms with E-state index in [4.69, 9.17) is 0 Å². The molecule has 0 radical (unpaired) electrons. The van der Waals surface area contributed by atoms with Crippen LogP contribution in [0.2, 0.25) is 0 Å². The second kappa shape index (κ2) is 3.80. The summed E-state index contributed by atoms with van der Waals surface area (Å²) in [6.45, 7) is 0.711. The molecule has 0 spiro atoms. The Bertz CT molecular complexity index is 433. The molecule has 1 aliphatic carbocycles. The Morgan fingerprint density at radius 3 is 2.81 bits per heavy atom. The lowest BCUT2D eigenvalue weighted by Crippen LogP contribution is -2.29. The number of aromatic nitrogens is 2. The maximum Gasteiger partial charge on any atom is 0.243 e. The first kappa shape index (κ1) is 10.2. The summed E-state index contributed by atoms with van der Waals surface area (Å²) in [7, 11) is 0. The summed E-state index contributed by atoms with van der Waals surface area (Å²) in [5.74, 6) is 1.24. The molecule has 1 amide bonds. The number of amides is 1. The van der Waals surface area contributed by atoms with Crippen molar-refractivity contribution in [2.75, 3.05) is 11.4 Å². The van der Waals surface area contributed by atoms with Crippen molar-refractivity contribution in [1.29, 1.82) is 0 Å². The molecule has 5 heteroatoms. The van der Waals surface area contributed by atoms with E-state index in [0.717, 1.165) is 12.1 Å². The number of halogens is 1. The molecule has 1 aromatic rings. The zero-order chi connectivity index (χ0) is 11.1. The Kier molecular flexibility index (Phi) is 2.42. The molecule has 2 aliphatic rings. The van der Waals surface area contributed by atoms with Gasteiger partial charge in [-0.05, 0) is 25.3 Å². The predicted molar refractivity (Wildman–Crippen MR) is 63.7 cm³/mol. The maximum atomic E-state index is 11.8. The third-order valence-electron chi connectivity index (χ3n) is 3.04. The van der Waals surface area contributed by atoms with Crippen LogP contribution in [0.1, 0.15) is 30.9 Å².